The van der Waals surface area contributed by atoms with Crippen LogP contribution in [0.1, 0.15) is 52.7 Å². The lowest BCUT2D eigenvalue weighted by Crippen LogP contribution is -2.17. The minimum atomic E-state index is -0.190. The van der Waals surface area contributed by atoms with Gasteiger partial charge in [-0.3, -0.25) is 0 Å². The number of phenolic OH excluding ortho intramolecular Hbond substituents is 1. The third kappa shape index (κ3) is 4.15. The Bertz CT molecular complexity index is 798. The van der Waals surface area contributed by atoms with Gasteiger partial charge in [-0.15, -0.1) is 0 Å². The Morgan fingerprint density at radius 1 is 0.667 bits per heavy atom. The molecular formula is C23H32O4. The molecule has 0 saturated heterocycles. The fourth-order valence-electron chi connectivity index (χ4n) is 3.17. The summed E-state index contributed by atoms with van der Waals surface area (Å²) >= 11 is 0. The first-order chi connectivity index (χ1) is 12.4. The molecule has 0 aliphatic rings. The summed E-state index contributed by atoms with van der Waals surface area (Å²) < 4.78 is 16.6. The maximum atomic E-state index is 11.1. The molecule has 2 aromatic carbocycles. The van der Waals surface area contributed by atoms with Gasteiger partial charge in [0, 0.05) is 17.7 Å². The molecule has 1 N–H and O–H groups in total. The SMILES string of the molecule is COc1cc(OC)c(-c2c(O)cc(C(C)(C)C)cc2C(C)(C)C)c(OC)c1. The van der Waals surface area contributed by atoms with Crippen LogP contribution in [0.4, 0.5) is 0 Å². The number of rotatable bonds is 4. The molecule has 0 spiro atoms. The lowest BCUT2D eigenvalue weighted by Gasteiger charge is -2.29. The summed E-state index contributed by atoms with van der Waals surface area (Å²) in [4.78, 5) is 0. The second kappa shape index (κ2) is 7.34. The van der Waals surface area contributed by atoms with Crippen LogP contribution in [0.15, 0.2) is 24.3 Å². The van der Waals surface area contributed by atoms with Crippen LogP contribution >= 0.6 is 0 Å². The van der Waals surface area contributed by atoms with Gasteiger partial charge < -0.3 is 19.3 Å². The van der Waals surface area contributed by atoms with Gasteiger partial charge in [0.25, 0.3) is 0 Å². The molecule has 0 bridgehead atoms. The predicted molar refractivity (Wildman–Crippen MR) is 111 cm³/mol. The zero-order valence-electron chi connectivity index (χ0n) is 18.0. The Labute approximate surface area is 163 Å². The largest absolute Gasteiger partial charge is 0.507 e. The number of benzene rings is 2. The zero-order chi connectivity index (χ0) is 20.6. The second-order valence-corrected chi connectivity index (χ2v) is 8.82. The van der Waals surface area contributed by atoms with Crippen molar-refractivity contribution in [1.82, 2.24) is 0 Å². The summed E-state index contributed by atoms with van der Waals surface area (Å²) in [5, 5.41) is 11.1. The highest BCUT2D eigenvalue weighted by Gasteiger charge is 2.29. The van der Waals surface area contributed by atoms with Crippen LogP contribution in [-0.4, -0.2) is 26.4 Å². The van der Waals surface area contributed by atoms with Crippen LogP contribution in [0.25, 0.3) is 11.1 Å². The standard InChI is InChI=1S/C23H32O4/c1-22(2,3)14-10-16(23(4,5)6)20(17(24)11-14)21-18(26-8)12-15(25-7)13-19(21)27-9/h10-13,24H,1-9H3. The van der Waals surface area contributed by atoms with Crippen molar-refractivity contribution in [2.24, 2.45) is 0 Å². The molecule has 2 rings (SSSR count). The second-order valence-electron chi connectivity index (χ2n) is 8.82. The highest BCUT2D eigenvalue weighted by atomic mass is 16.5. The Hall–Kier alpha value is -2.36. The quantitative estimate of drug-likeness (QED) is 0.750. The highest BCUT2D eigenvalue weighted by molar-refractivity contribution is 5.85. The minimum Gasteiger partial charge on any atom is -0.507 e. The monoisotopic (exact) mass is 372 g/mol. The van der Waals surface area contributed by atoms with Crippen molar-refractivity contribution in [2.75, 3.05) is 21.3 Å². The molecule has 0 heterocycles. The number of hydrogen-bond donors (Lipinski definition) is 1. The third-order valence-corrected chi connectivity index (χ3v) is 4.76. The smallest absolute Gasteiger partial charge is 0.134 e. The average molecular weight is 373 g/mol. The van der Waals surface area contributed by atoms with Gasteiger partial charge >= 0.3 is 0 Å². The lowest BCUT2D eigenvalue weighted by molar-refractivity contribution is 0.376. The van der Waals surface area contributed by atoms with Crippen LogP contribution in [0.2, 0.25) is 0 Å². The van der Waals surface area contributed by atoms with E-state index in [1.165, 1.54) is 0 Å². The van der Waals surface area contributed by atoms with Gasteiger partial charge in [0.1, 0.15) is 23.0 Å². The molecular weight excluding hydrogens is 340 g/mol. The van der Waals surface area contributed by atoms with Gasteiger partial charge in [-0.2, -0.15) is 0 Å². The van der Waals surface area contributed by atoms with E-state index in [1.807, 2.05) is 6.07 Å². The minimum absolute atomic E-state index is 0.0793. The van der Waals surface area contributed by atoms with E-state index in [0.717, 1.165) is 22.3 Å². The lowest BCUT2D eigenvalue weighted by atomic mass is 9.76. The van der Waals surface area contributed by atoms with E-state index in [2.05, 4.69) is 47.6 Å². The predicted octanol–water partition coefficient (Wildman–Crippen LogP) is 5.68. The van der Waals surface area contributed by atoms with Gasteiger partial charge in [0.2, 0.25) is 0 Å². The van der Waals surface area contributed by atoms with Gasteiger partial charge in [-0.25, -0.2) is 0 Å². The number of hydrogen-bond acceptors (Lipinski definition) is 4. The van der Waals surface area contributed by atoms with Crippen molar-refractivity contribution >= 4 is 0 Å². The molecule has 0 aliphatic heterocycles. The Morgan fingerprint density at radius 3 is 1.56 bits per heavy atom. The molecule has 0 aromatic heterocycles. The van der Waals surface area contributed by atoms with Crippen molar-refractivity contribution in [1.29, 1.82) is 0 Å². The fourth-order valence-corrected chi connectivity index (χ4v) is 3.17. The number of ether oxygens (including phenoxy) is 3. The first-order valence-corrected chi connectivity index (χ1v) is 9.12. The van der Waals surface area contributed by atoms with Crippen LogP contribution in [-0.2, 0) is 10.8 Å². The topological polar surface area (TPSA) is 47.9 Å². The van der Waals surface area contributed by atoms with Gasteiger partial charge in [0.15, 0.2) is 0 Å². The van der Waals surface area contributed by atoms with Crippen LogP contribution in [0.5, 0.6) is 23.0 Å². The maximum absolute atomic E-state index is 11.1. The third-order valence-electron chi connectivity index (χ3n) is 4.76. The van der Waals surface area contributed by atoms with E-state index in [-0.39, 0.29) is 16.6 Å². The van der Waals surface area contributed by atoms with Crippen molar-refractivity contribution in [3.63, 3.8) is 0 Å². The Morgan fingerprint density at radius 2 is 1.19 bits per heavy atom. The van der Waals surface area contributed by atoms with E-state index in [9.17, 15) is 5.11 Å². The van der Waals surface area contributed by atoms with Crippen molar-refractivity contribution in [3.8, 4) is 34.1 Å². The summed E-state index contributed by atoms with van der Waals surface area (Å²) in [7, 11) is 4.81. The first kappa shape index (κ1) is 20.9. The van der Waals surface area contributed by atoms with Crippen molar-refractivity contribution < 1.29 is 19.3 Å². The van der Waals surface area contributed by atoms with Crippen molar-refractivity contribution in [3.05, 3.63) is 35.4 Å². The van der Waals surface area contributed by atoms with Gasteiger partial charge in [-0.1, -0.05) is 47.6 Å². The van der Waals surface area contributed by atoms with E-state index < -0.39 is 0 Å². The van der Waals surface area contributed by atoms with E-state index >= 15 is 0 Å². The molecule has 27 heavy (non-hydrogen) atoms. The van der Waals surface area contributed by atoms with E-state index in [0.29, 0.717) is 17.2 Å². The molecule has 4 nitrogen and oxygen atoms in total. The summed E-state index contributed by atoms with van der Waals surface area (Å²) in [6.45, 7) is 12.8. The average Bonchev–Trinajstić information content (AvgIpc) is 2.58. The first-order valence-electron chi connectivity index (χ1n) is 9.12. The molecule has 4 heteroatoms. The van der Waals surface area contributed by atoms with Crippen molar-refractivity contribution in [2.45, 2.75) is 52.4 Å². The van der Waals surface area contributed by atoms with Crippen LogP contribution in [0, 0.1) is 0 Å². The van der Waals surface area contributed by atoms with Gasteiger partial charge in [-0.05, 0) is 28.0 Å². The summed E-state index contributed by atoms with van der Waals surface area (Å²) in [6, 6.07) is 7.63. The Kier molecular flexibility index (Phi) is 5.69. The van der Waals surface area contributed by atoms with Crippen LogP contribution in [0.3, 0.4) is 0 Å². The number of methoxy groups -OCH3 is 3. The molecule has 0 aliphatic carbocycles. The number of aromatic hydroxyl groups is 1. The van der Waals surface area contributed by atoms with E-state index in [1.54, 1.807) is 33.5 Å². The molecule has 0 unspecified atom stereocenters. The molecule has 0 fully saturated rings. The highest BCUT2D eigenvalue weighted by Crippen LogP contribution is 2.50. The maximum Gasteiger partial charge on any atom is 0.134 e. The molecule has 148 valence electrons. The Balaban J connectivity index is 2.95. The molecule has 2 aromatic rings. The molecule has 0 atom stereocenters. The summed E-state index contributed by atoms with van der Waals surface area (Å²) in [5.74, 6) is 2.04. The van der Waals surface area contributed by atoms with Crippen LogP contribution < -0.4 is 14.2 Å². The van der Waals surface area contributed by atoms with Gasteiger partial charge in [0.05, 0.1) is 26.9 Å². The fraction of sp³-hybridized carbons (Fsp3) is 0.478. The molecule has 0 amide bonds. The molecule has 0 saturated carbocycles. The normalized spacial score (nSPS) is 12.0. The summed E-state index contributed by atoms with van der Waals surface area (Å²) in [6.07, 6.45) is 0. The number of phenols is 1. The summed E-state index contributed by atoms with van der Waals surface area (Å²) in [5.41, 5.74) is 3.30. The zero-order valence-corrected chi connectivity index (χ0v) is 18.0. The van der Waals surface area contributed by atoms with E-state index in [4.69, 9.17) is 14.2 Å². The molecule has 0 radical (unpaired) electrons.